The fraction of sp³-hybridized carbons (Fsp3) is 0.429. The number of halogens is 1. The monoisotopic (exact) mass is 328 g/mol. The van der Waals surface area contributed by atoms with Crippen LogP contribution in [0.15, 0.2) is 28.7 Å². The van der Waals surface area contributed by atoms with E-state index in [0.29, 0.717) is 6.61 Å². The number of carbonyl (C=O) groups excluding carboxylic acids is 2. The molecule has 0 saturated carbocycles. The minimum absolute atomic E-state index is 0.0389. The molecule has 0 saturated heterocycles. The second-order valence-corrected chi connectivity index (χ2v) is 4.91. The van der Waals surface area contributed by atoms with E-state index in [4.69, 9.17) is 9.47 Å². The average molecular weight is 329 g/mol. The predicted octanol–water partition coefficient (Wildman–Crippen LogP) is 3.40. The lowest BCUT2D eigenvalue weighted by Crippen LogP contribution is -2.12. The van der Waals surface area contributed by atoms with E-state index in [0.717, 1.165) is 10.0 Å². The zero-order valence-corrected chi connectivity index (χ0v) is 12.6. The van der Waals surface area contributed by atoms with Crippen molar-refractivity contribution < 1.29 is 19.1 Å². The molecule has 1 aromatic rings. The summed E-state index contributed by atoms with van der Waals surface area (Å²) in [5, 5.41) is 0. The average Bonchev–Trinajstić information content (AvgIpc) is 2.36. The number of hydrogen-bond donors (Lipinski definition) is 0. The van der Waals surface area contributed by atoms with Crippen molar-refractivity contribution in [1.82, 2.24) is 0 Å². The first-order valence-electron chi connectivity index (χ1n) is 6.13. The Morgan fingerprint density at radius 1 is 1.26 bits per heavy atom. The normalized spacial score (nSPS) is 11.7. The van der Waals surface area contributed by atoms with Crippen LogP contribution in [0.5, 0.6) is 0 Å². The Bertz CT molecular complexity index is 445. The summed E-state index contributed by atoms with van der Waals surface area (Å²) >= 11 is 3.36. The van der Waals surface area contributed by atoms with Crippen LogP contribution in [0.4, 0.5) is 0 Å². The minimum Gasteiger partial charge on any atom is -0.466 e. The quantitative estimate of drug-likeness (QED) is 0.751. The minimum atomic E-state index is -0.402. The van der Waals surface area contributed by atoms with Gasteiger partial charge in [0.15, 0.2) is 0 Å². The Morgan fingerprint density at radius 2 is 1.95 bits per heavy atom. The van der Waals surface area contributed by atoms with E-state index in [-0.39, 0.29) is 24.9 Å². The van der Waals surface area contributed by atoms with Crippen LogP contribution in [0.3, 0.4) is 0 Å². The van der Waals surface area contributed by atoms with Crippen LogP contribution in [-0.4, -0.2) is 18.5 Å². The molecule has 0 aromatic heterocycles. The first kappa shape index (κ1) is 15.7. The lowest BCUT2D eigenvalue weighted by molar-refractivity contribution is -0.153. The van der Waals surface area contributed by atoms with Gasteiger partial charge in [-0.05, 0) is 31.5 Å². The highest BCUT2D eigenvalue weighted by Gasteiger charge is 2.13. The summed E-state index contributed by atoms with van der Waals surface area (Å²) < 4.78 is 10.9. The molecular formula is C14H17BrO4. The maximum absolute atomic E-state index is 11.6. The van der Waals surface area contributed by atoms with Crippen LogP contribution in [0, 0.1) is 0 Å². The van der Waals surface area contributed by atoms with Gasteiger partial charge in [0.1, 0.15) is 6.10 Å². The van der Waals surface area contributed by atoms with E-state index in [2.05, 4.69) is 15.9 Å². The molecule has 0 spiro atoms. The Labute approximate surface area is 121 Å². The molecule has 5 heteroatoms. The number of rotatable bonds is 6. The largest absolute Gasteiger partial charge is 0.466 e. The summed E-state index contributed by atoms with van der Waals surface area (Å²) in [5.74, 6) is -0.782. The number of benzene rings is 1. The van der Waals surface area contributed by atoms with E-state index in [1.807, 2.05) is 24.3 Å². The lowest BCUT2D eigenvalue weighted by atomic mass is 10.1. The molecule has 1 unspecified atom stereocenters. The van der Waals surface area contributed by atoms with E-state index in [1.54, 1.807) is 13.8 Å². The molecule has 0 aliphatic carbocycles. The van der Waals surface area contributed by atoms with E-state index in [9.17, 15) is 9.59 Å². The van der Waals surface area contributed by atoms with Crippen LogP contribution >= 0.6 is 15.9 Å². The Hall–Kier alpha value is -1.36. The standard InChI is InChI=1S/C14H17BrO4/c1-3-18-13(16)7-8-14(17)19-10(2)11-5-4-6-12(15)9-11/h4-6,9-10H,3,7-8H2,1-2H3. The fourth-order valence-corrected chi connectivity index (χ4v) is 1.94. The highest BCUT2D eigenvalue weighted by atomic mass is 79.9. The Balaban J connectivity index is 2.42. The number of carbonyl (C=O) groups is 2. The summed E-state index contributed by atoms with van der Waals surface area (Å²) in [5.41, 5.74) is 0.902. The van der Waals surface area contributed by atoms with Crippen molar-refractivity contribution in [2.75, 3.05) is 6.61 Å². The smallest absolute Gasteiger partial charge is 0.306 e. The first-order chi connectivity index (χ1) is 9.02. The molecule has 19 heavy (non-hydrogen) atoms. The summed E-state index contributed by atoms with van der Waals surface area (Å²) in [4.78, 5) is 22.7. The molecule has 0 bridgehead atoms. The van der Waals surface area contributed by atoms with Crippen molar-refractivity contribution in [2.24, 2.45) is 0 Å². The first-order valence-corrected chi connectivity index (χ1v) is 6.92. The van der Waals surface area contributed by atoms with Crippen LogP contribution in [-0.2, 0) is 19.1 Å². The van der Waals surface area contributed by atoms with Crippen LogP contribution in [0.25, 0.3) is 0 Å². The molecule has 1 aromatic carbocycles. The zero-order chi connectivity index (χ0) is 14.3. The molecular weight excluding hydrogens is 312 g/mol. The molecule has 0 N–H and O–H groups in total. The van der Waals surface area contributed by atoms with Crippen LogP contribution in [0.1, 0.15) is 38.4 Å². The van der Waals surface area contributed by atoms with Gasteiger partial charge in [-0.15, -0.1) is 0 Å². The summed E-state index contributed by atoms with van der Waals surface area (Å²) in [7, 11) is 0. The van der Waals surface area contributed by atoms with Crippen LogP contribution in [0.2, 0.25) is 0 Å². The van der Waals surface area contributed by atoms with Crippen molar-refractivity contribution >= 4 is 27.9 Å². The molecule has 0 aliphatic heterocycles. The second kappa shape index (κ2) is 7.94. The fourth-order valence-electron chi connectivity index (χ4n) is 1.52. The van der Waals surface area contributed by atoms with Gasteiger partial charge in [0, 0.05) is 4.47 Å². The molecule has 0 heterocycles. The Kier molecular flexibility index (Phi) is 6.56. The van der Waals surface area contributed by atoms with Crippen molar-refractivity contribution in [3.63, 3.8) is 0 Å². The zero-order valence-electron chi connectivity index (χ0n) is 11.0. The molecule has 4 nitrogen and oxygen atoms in total. The third-order valence-electron chi connectivity index (χ3n) is 2.46. The molecule has 0 radical (unpaired) electrons. The van der Waals surface area contributed by atoms with E-state index < -0.39 is 5.97 Å². The van der Waals surface area contributed by atoms with Gasteiger partial charge in [0.05, 0.1) is 19.4 Å². The highest BCUT2D eigenvalue weighted by molar-refractivity contribution is 9.10. The lowest BCUT2D eigenvalue weighted by Gasteiger charge is -2.13. The maximum Gasteiger partial charge on any atom is 0.306 e. The topological polar surface area (TPSA) is 52.6 Å². The van der Waals surface area contributed by atoms with Gasteiger partial charge in [-0.2, -0.15) is 0 Å². The second-order valence-electron chi connectivity index (χ2n) is 3.99. The molecule has 0 fully saturated rings. The molecule has 1 rings (SSSR count). The van der Waals surface area contributed by atoms with Crippen molar-refractivity contribution in [3.8, 4) is 0 Å². The predicted molar refractivity (Wildman–Crippen MR) is 74.5 cm³/mol. The van der Waals surface area contributed by atoms with Gasteiger partial charge in [-0.1, -0.05) is 28.1 Å². The van der Waals surface area contributed by atoms with Gasteiger partial charge in [-0.25, -0.2) is 0 Å². The van der Waals surface area contributed by atoms with Gasteiger partial charge in [0.2, 0.25) is 0 Å². The summed E-state index contributed by atoms with van der Waals surface area (Å²) in [6, 6.07) is 7.55. The molecule has 0 amide bonds. The summed E-state index contributed by atoms with van der Waals surface area (Å²) in [6.07, 6.45) is -0.248. The van der Waals surface area contributed by atoms with E-state index >= 15 is 0 Å². The summed E-state index contributed by atoms with van der Waals surface area (Å²) in [6.45, 7) is 3.85. The van der Waals surface area contributed by atoms with Gasteiger partial charge >= 0.3 is 11.9 Å². The van der Waals surface area contributed by atoms with E-state index in [1.165, 1.54) is 0 Å². The third kappa shape index (κ3) is 5.87. The molecule has 0 aliphatic rings. The van der Waals surface area contributed by atoms with Gasteiger partial charge in [-0.3, -0.25) is 9.59 Å². The molecule has 1 atom stereocenters. The van der Waals surface area contributed by atoms with Crippen molar-refractivity contribution in [1.29, 1.82) is 0 Å². The van der Waals surface area contributed by atoms with Crippen LogP contribution < -0.4 is 0 Å². The third-order valence-corrected chi connectivity index (χ3v) is 2.96. The molecule has 104 valence electrons. The van der Waals surface area contributed by atoms with Crippen molar-refractivity contribution in [2.45, 2.75) is 32.8 Å². The van der Waals surface area contributed by atoms with Gasteiger partial charge < -0.3 is 9.47 Å². The highest BCUT2D eigenvalue weighted by Crippen LogP contribution is 2.21. The number of ether oxygens (including phenoxy) is 2. The Morgan fingerprint density at radius 3 is 2.58 bits per heavy atom. The number of hydrogen-bond acceptors (Lipinski definition) is 4. The number of esters is 2. The SMILES string of the molecule is CCOC(=O)CCC(=O)OC(C)c1cccc(Br)c1. The van der Waals surface area contributed by atoms with Crippen molar-refractivity contribution in [3.05, 3.63) is 34.3 Å². The van der Waals surface area contributed by atoms with Gasteiger partial charge in [0.25, 0.3) is 0 Å². The maximum atomic E-state index is 11.6.